The Morgan fingerprint density at radius 2 is 1.83 bits per heavy atom. The summed E-state index contributed by atoms with van der Waals surface area (Å²) in [4.78, 5) is 22.5. The van der Waals surface area contributed by atoms with Crippen LogP contribution >= 0.6 is 0 Å². The van der Waals surface area contributed by atoms with Gasteiger partial charge in [-0.25, -0.2) is 4.79 Å². The Bertz CT molecular complexity index is 534. The lowest BCUT2D eigenvalue weighted by Crippen LogP contribution is -2.47. The van der Waals surface area contributed by atoms with Crippen LogP contribution in [0.3, 0.4) is 0 Å². The topological polar surface area (TPSA) is 103 Å². The molecular weight excluding hydrogens is 298 g/mol. The maximum atomic E-state index is 11.8. The minimum Gasteiger partial charge on any atom is -0.490 e. The number of nitrogens with one attached hydrogen (secondary N) is 2. The van der Waals surface area contributed by atoms with E-state index >= 15 is 0 Å². The van der Waals surface area contributed by atoms with Gasteiger partial charge in [0, 0.05) is 6.54 Å². The lowest BCUT2D eigenvalue weighted by atomic mass is 10.1. The van der Waals surface area contributed by atoms with E-state index in [1.54, 1.807) is 6.92 Å². The second-order valence-electron chi connectivity index (χ2n) is 4.92. The van der Waals surface area contributed by atoms with E-state index in [1.807, 2.05) is 32.0 Å². The van der Waals surface area contributed by atoms with Crippen LogP contribution in [0.1, 0.15) is 26.3 Å². The number of amides is 3. The zero-order valence-electron chi connectivity index (χ0n) is 13.8. The Morgan fingerprint density at radius 3 is 2.43 bits per heavy atom. The number of nitrogens with two attached hydrogens (primary N) is 1. The molecule has 23 heavy (non-hydrogen) atoms. The van der Waals surface area contributed by atoms with Crippen LogP contribution in [0.5, 0.6) is 11.5 Å². The number of hydrogen-bond donors (Lipinski definition) is 3. The predicted octanol–water partition coefficient (Wildman–Crippen LogP) is 1.20. The van der Waals surface area contributed by atoms with Gasteiger partial charge in [0.05, 0.1) is 13.2 Å². The van der Waals surface area contributed by atoms with E-state index in [0.717, 1.165) is 5.56 Å². The largest absolute Gasteiger partial charge is 0.490 e. The van der Waals surface area contributed by atoms with Crippen LogP contribution in [0.15, 0.2) is 18.2 Å². The van der Waals surface area contributed by atoms with E-state index < -0.39 is 12.1 Å². The number of hydrogen-bond acceptors (Lipinski definition) is 4. The molecule has 0 aliphatic carbocycles. The van der Waals surface area contributed by atoms with Gasteiger partial charge in [0.1, 0.15) is 6.04 Å². The molecule has 7 heteroatoms. The molecule has 0 aromatic heterocycles. The average Bonchev–Trinajstić information content (AvgIpc) is 2.49. The number of carbonyl (C=O) groups excluding carboxylic acids is 2. The Labute approximate surface area is 136 Å². The van der Waals surface area contributed by atoms with Crippen molar-refractivity contribution >= 4 is 11.9 Å². The highest BCUT2D eigenvalue weighted by molar-refractivity contribution is 5.86. The fraction of sp³-hybridized carbons (Fsp3) is 0.500. The summed E-state index contributed by atoms with van der Waals surface area (Å²) in [7, 11) is 0. The molecule has 1 unspecified atom stereocenters. The van der Waals surface area contributed by atoms with Gasteiger partial charge in [-0.05, 0) is 44.9 Å². The lowest BCUT2D eigenvalue weighted by Gasteiger charge is -2.14. The number of urea groups is 1. The molecule has 128 valence electrons. The van der Waals surface area contributed by atoms with Crippen LogP contribution in [0.25, 0.3) is 0 Å². The molecule has 0 radical (unpaired) electrons. The molecule has 0 aliphatic rings. The SMILES string of the molecule is CCOc1ccc(CCNC(=O)C(C)NC(N)=O)cc1OCC. The van der Waals surface area contributed by atoms with Crippen LogP contribution in [0.2, 0.25) is 0 Å². The van der Waals surface area contributed by atoms with Crippen LogP contribution in [0.4, 0.5) is 4.79 Å². The normalized spacial score (nSPS) is 11.4. The van der Waals surface area contributed by atoms with Crippen molar-refractivity contribution in [3.63, 3.8) is 0 Å². The molecule has 3 amide bonds. The highest BCUT2D eigenvalue weighted by Gasteiger charge is 2.13. The first-order valence-corrected chi connectivity index (χ1v) is 7.70. The number of primary amides is 1. The predicted molar refractivity (Wildman–Crippen MR) is 87.7 cm³/mol. The van der Waals surface area contributed by atoms with Crippen molar-refractivity contribution < 1.29 is 19.1 Å². The minimum absolute atomic E-state index is 0.278. The van der Waals surface area contributed by atoms with Crippen molar-refractivity contribution in [1.29, 1.82) is 0 Å². The van der Waals surface area contributed by atoms with E-state index in [0.29, 0.717) is 37.7 Å². The molecular formula is C16H25N3O4. The second kappa shape index (κ2) is 9.55. The molecule has 0 heterocycles. The lowest BCUT2D eigenvalue weighted by molar-refractivity contribution is -0.122. The van der Waals surface area contributed by atoms with E-state index in [4.69, 9.17) is 15.2 Å². The van der Waals surface area contributed by atoms with Gasteiger partial charge in [0.15, 0.2) is 11.5 Å². The first kappa shape index (κ1) is 18.6. The van der Waals surface area contributed by atoms with Crippen LogP contribution in [0, 0.1) is 0 Å². The standard InChI is InChI=1S/C16H25N3O4/c1-4-22-13-7-6-12(10-14(13)23-5-2)8-9-18-15(20)11(3)19-16(17)21/h6-7,10-11H,4-5,8-9H2,1-3H3,(H,18,20)(H3,17,19,21). The molecule has 1 atom stereocenters. The number of rotatable bonds is 9. The third-order valence-electron chi connectivity index (χ3n) is 3.07. The third-order valence-corrected chi connectivity index (χ3v) is 3.07. The zero-order chi connectivity index (χ0) is 17.2. The smallest absolute Gasteiger partial charge is 0.312 e. The maximum absolute atomic E-state index is 11.8. The van der Waals surface area contributed by atoms with E-state index in [2.05, 4.69) is 10.6 Å². The van der Waals surface area contributed by atoms with E-state index in [9.17, 15) is 9.59 Å². The summed E-state index contributed by atoms with van der Waals surface area (Å²) in [6.07, 6.45) is 0.640. The van der Waals surface area contributed by atoms with Crippen LogP contribution < -0.4 is 25.8 Å². The summed E-state index contributed by atoms with van der Waals surface area (Å²) in [5.41, 5.74) is 6.00. The molecule has 0 spiro atoms. The van der Waals surface area contributed by atoms with E-state index in [-0.39, 0.29) is 5.91 Å². The second-order valence-corrected chi connectivity index (χ2v) is 4.92. The molecule has 0 bridgehead atoms. The Balaban J connectivity index is 2.55. The summed E-state index contributed by atoms with van der Waals surface area (Å²) in [6.45, 7) is 6.97. The van der Waals surface area contributed by atoms with Crippen LogP contribution in [-0.2, 0) is 11.2 Å². The summed E-state index contributed by atoms with van der Waals surface area (Å²) < 4.78 is 11.1. The van der Waals surface area contributed by atoms with Crippen molar-refractivity contribution in [3.05, 3.63) is 23.8 Å². The van der Waals surface area contributed by atoms with Crippen LogP contribution in [-0.4, -0.2) is 37.7 Å². The molecule has 0 fully saturated rings. The third kappa shape index (κ3) is 6.46. The van der Waals surface area contributed by atoms with Crippen molar-refractivity contribution in [3.8, 4) is 11.5 Å². The van der Waals surface area contributed by atoms with Gasteiger partial charge in [0.25, 0.3) is 0 Å². The van der Waals surface area contributed by atoms with E-state index in [1.165, 1.54) is 0 Å². The summed E-state index contributed by atoms with van der Waals surface area (Å²) >= 11 is 0. The molecule has 0 saturated carbocycles. The molecule has 4 N–H and O–H groups in total. The summed E-state index contributed by atoms with van der Waals surface area (Å²) in [5, 5.41) is 5.08. The van der Waals surface area contributed by atoms with Gasteiger partial charge in [0.2, 0.25) is 5.91 Å². The molecule has 1 rings (SSSR count). The molecule has 0 aliphatic heterocycles. The molecule has 0 saturated heterocycles. The number of benzene rings is 1. The van der Waals surface area contributed by atoms with Gasteiger partial charge < -0.3 is 25.8 Å². The number of carbonyl (C=O) groups is 2. The van der Waals surface area contributed by atoms with Gasteiger partial charge in [-0.3, -0.25) is 4.79 Å². The Hall–Kier alpha value is -2.44. The number of ether oxygens (including phenoxy) is 2. The van der Waals surface area contributed by atoms with Crippen molar-refractivity contribution in [2.75, 3.05) is 19.8 Å². The fourth-order valence-electron chi connectivity index (χ4n) is 2.01. The van der Waals surface area contributed by atoms with Gasteiger partial charge in [-0.15, -0.1) is 0 Å². The van der Waals surface area contributed by atoms with Gasteiger partial charge in [-0.2, -0.15) is 0 Å². The molecule has 7 nitrogen and oxygen atoms in total. The molecule has 1 aromatic rings. The highest BCUT2D eigenvalue weighted by atomic mass is 16.5. The van der Waals surface area contributed by atoms with Gasteiger partial charge >= 0.3 is 6.03 Å². The maximum Gasteiger partial charge on any atom is 0.312 e. The van der Waals surface area contributed by atoms with Crippen molar-refractivity contribution in [2.24, 2.45) is 5.73 Å². The molecule has 1 aromatic carbocycles. The summed E-state index contributed by atoms with van der Waals surface area (Å²) in [5.74, 6) is 1.13. The van der Waals surface area contributed by atoms with Gasteiger partial charge in [-0.1, -0.05) is 6.07 Å². The minimum atomic E-state index is -0.722. The fourth-order valence-corrected chi connectivity index (χ4v) is 2.01. The highest BCUT2D eigenvalue weighted by Crippen LogP contribution is 2.28. The quantitative estimate of drug-likeness (QED) is 0.635. The Morgan fingerprint density at radius 1 is 1.17 bits per heavy atom. The van der Waals surface area contributed by atoms with Crippen molar-refractivity contribution in [1.82, 2.24) is 10.6 Å². The van der Waals surface area contributed by atoms with Crippen molar-refractivity contribution in [2.45, 2.75) is 33.2 Å². The summed E-state index contributed by atoms with van der Waals surface area (Å²) in [6, 6.07) is 4.33. The first-order chi connectivity index (χ1) is 11.0. The monoisotopic (exact) mass is 323 g/mol. The first-order valence-electron chi connectivity index (χ1n) is 7.70. The average molecular weight is 323 g/mol. The zero-order valence-corrected chi connectivity index (χ0v) is 13.8. The Kier molecular flexibility index (Phi) is 7.73.